The Morgan fingerprint density at radius 3 is 2.74 bits per heavy atom. The number of rotatable bonds is 2. The molecule has 23 heavy (non-hydrogen) atoms. The molecule has 3 N–H and O–H groups in total. The van der Waals surface area contributed by atoms with Crippen LogP contribution >= 0.6 is 0 Å². The Balaban J connectivity index is 1.83. The van der Waals surface area contributed by atoms with Crippen molar-refractivity contribution < 1.29 is 5.11 Å². The average molecular weight is 302 g/mol. The molecule has 0 saturated carbocycles. The van der Waals surface area contributed by atoms with E-state index in [0.29, 0.717) is 11.2 Å². The van der Waals surface area contributed by atoms with Crippen LogP contribution in [0.3, 0.4) is 0 Å². The van der Waals surface area contributed by atoms with Crippen molar-refractivity contribution in [3.05, 3.63) is 72.3 Å². The molecule has 0 fully saturated rings. The van der Waals surface area contributed by atoms with E-state index in [0.717, 1.165) is 21.8 Å². The summed E-state index contributed by atoms with van der Waals surface area (Å²) in [4.78, 5) is 7.68. The minimum absolute atomic E-state index is 0.159. The average Bonchev–Trinajstić information content (AvgIpc) is 2.61. The van der Waals surface area contributed by atoms with Crippen molar-refractivity contribution in [2.24, 2.45) is 5.10 Å². The lowest BCUT2D eigenvalue weighted by Crippen LogP contribution is -2.09. The van der Waals surface area contributed by atoms with E-state index in [9.17, 15) is 5.11 Å². The number of nitrogens with zero attached hydrogens (tertiary/aromatic N) is 2. The van der Waals surface area contributed by atoms with E-state index in [1.165, 1.54) is 0 Å². The van der Waals surface area contributed by atoms with Gasteiger partial charge < -0.3 is 10.1 Å². The lowest BCUT2D eigenvalue weighted by Gasteiger charge is -2.04. The van der Waals surface area contributed by atoms with Crippen molar-refractivity contribution in [3.8, 4) is 5.75 Å². The zero-order chi connectivity index (χ0) is 15.6. The van der Waals surface area contributed by atoms with Crippen LogP contribution in [0.15, 0.2) is 72.0 Å². The Bertz CT molecular complexity index is 1070. The lowest BCUT2D eigenvalue weighted by atomic mass is 10.1. The second-order valence-corrected chi connectivity index (χ2v) is 5.18. The van der Waals surface area contributed by atoms with E-state index in [4.69, 9.17) is 0 Å². The number of aromatic nitrogens is 2. The molecule has 0 bridgehead atoms. The SMILES string of the molecule is Oc1ccccc1NN=c1ccc2ccc3ncccc3c2[nH]1. The Morgan fingerprint density at radius 2 is 1.83 bits per heavy atom. The van der Waals surface area contributed by atoms with Gasteiger partial charge in [-0.15, -0.1) is 0 Å². The molecule has 0 aliphatic carbocycles. The topological polar surface area (TPSA) is 73.3 Å². The first-order chi connectivity index (χ1) is 11.3. The standard InChI is InChI=1S/C18H14N4O/c23-16-6-2-1-5-15(16)21-22-17-10-8-12-7-9-14-13(18(12)20-17)4-3-11-19-14/h1-11,21,23H,(H,20,22). The number of pyridine rings is 2. The van der Waals surface area contributed by atoms with Crippen LogP contribution < -0.4 is 10.9 Å². The van der Waals surface area contributed by atoms with E-state index >= 15 is 0 Å². The molecule has 0 amide bonds. The van der Waals surface area contributed by atoms with Gasteiger partial charge in [0.2, 0.25) is 0 Å². The molecule has 0 atom stereocenters. The maximum atomic E-state index is 9.76. The lowest BCUT2D eigenvalue weighted by molar-refractivity contribution is 0.477. The fourth-order valence-electron chi connectivity index (χ4n) is 2.54. The van der Waals surface area contributed by atoms with Crippen molar-refractivity contribution in [2.75, 3.05) is 5.43 Å². The molecule has 4 rings (SSSR count). The van der Waals surface area contributed by atoms with E-state index in [1.54, 1.807) is 24.4 Å². The highest BCUT2D eigenvalue weighted by atomic mass is 16.3. The summed E-state index contributed by atoms with van der Waals surface area (Å²) >= 11 is 0. The van der Waals surface area contributed by atoms with E-state index < -0.39 is 0 Å². The number of para-hydroxylation sites is 2. The predicted octanol–water partition coefficient (Wildman–Crippen LogP) is 3.35. The minimum Gasteiger partial charge on any atom is -0.506 e. The van der Waals surface area contributed by atoms with Gasteiger partial charge in [-0.3, -0.25) is 10.4 Å². The van der Waals surface area contributed by atoms with Gasteiger partial charge in [0, 0.05) is 11.6 Å². The van der Waals surface area contributed by atoms with Crippen LogP contribution in [-0.4, -0.2) is 15.1 Å². The highest BCUT2D eigenvalue weighted by molar-refractivity contribution is 6.03. The van der Waals surface area contributed by atoms with Crippen LogP contribution in [0.4, 0.5) is 5.69 Å². The van der Waals surface area contributed by atoms with Crippen LogP contribution in [0, 0.1) is 0 Å². The number of aromatic hydroxyl groups is 1. The number of phenolic OH excluding ortho intramolecular Hbond substituents is 1. The van der Waals surface area contributed by atoms with E-state index in [-0.39, 0.29) is 5.75 Å². The van der Waals surface area contributed by atoms with Gasteiger partial charge in [0.1, 0.15) is 5.75 Å². The maximum absolute atomic E-state index is 9.76. The van der Waals surface area contributed by atoms with Gasteiger partial charge in [-0.2, -0.15) is 5.10 Å². The molecular formula is C18H14N4O. The summed E-state index contributed by atoms with van der Waals surface area (Å²) in [6.45, 7) is 0. The number of anilines is 1. The molecule has 0 saturated heterocycles. The van der Waals surface area contributed by atoms with Crippen LogP contribution in [0.1, 0.15) is 0 Å². The third-order valence-corrected chi connectivity index (χ3v) is 3.69. The Labute approximate surface area is 132 Å². The normalized spacial score (nSPS) is 11.9. The summed E-state index contributed by atoms with van der Waals surface area (Å²) < 4.78 is 0. The summed E-state index contributed by atoms with van der Waals surface area (Å²) in [6, 6.07) is 18.8. The van der Waals surface area contributed by atoms with Crippen molar-refractivity contribution in [1.29, 1.82) is 0 Å². The molecule has 112 valence electrons. The van der Waals surface area contributed by atoms with Crippen molar-refractivity contribution >= 4 is 27.5 Å². The molecule has 2 aromatic carbocycles. The summed E-state index contributed by atoms with van der Waals surface area (Å²) in [5.74, 6) is 0.159. The first-order valence-corrected chi connectivity index (χ1v) is 7.26. The highest BCUT2D eigenvalue weighted by Crippen LogP contribution is 2.22. The van der Waals surface area contributed by atoms with Gasteiger partial charge in [-0.05, 0) is 47.9 Å². The smallest absolute Gasteiger partial charge is 0.150 e. The monoisotopic (exact) mass is 302 g/mol. The van der Waals surface area contributed by atoms with Gasteiger partial charge >= 0.3 is 0 Å². The number of hydrogen-bond acceptors (Lipinski definition) is 4. The zero-order valence-corrected chi connectivity index (χ0v) is 12.2. The summed E-state index contributed by atoms with van der Waals surface area (Å²) in [6.07, 6.45) is 1.78. The molecule has 2 heterocycles. The number of hydrogen-bond donors (Lipinski definition) is 3. The number of phenols is 1. The first kappa shape index (κ1) is 13.3. The molecular weight excluding hydrogens is 288 g/mol. The van der Waals surface area contributed by atoms with Gasteiger partial charge in [-0.25, -0.2) is 0 Å². The number of benzene rings is 2. The van der Waals surface area contributed by atoms with E-state index in [1.807, 2.05) is 42.5 Å². The molecule has 0 radical (unpaired) electrons. The third kappa shape index (κ3) is 2.48. The fraction of sp³-hybridized carbons (Fsp3) is 0. The van der Waals surface area contributed by atoms with Crippen molar-refractivity contribution in [1.82, 2.24) is 9.97 Å². The first-order valence-electron chi connectivity index (χ1n) is 7.26. The largest absolute Gasteiger partial charge is 0.506 e. The number of H-pyrrole nitrogens is 1. The molecule has 2 aromatic heterocycles. The van der Waals surface area contributed by atoms with Crippen LogP contribution in [0.5, 0.6) is 5.75 Å². The molecule has 4 aromatic rings. The molecule has 0 aliphatic heterocycles. The Morgan fingerprint density at radius 1 is 0.957 bits per heavy atom. The predicted molar refractivity (Wildman–Crippen MR) is 90.9 cm³/mol. The van der Waals surface area contributed by atoms with Gasteiger partial charge in [0.25, 0.3) is 0 Å². The quantitative estimate of drug-likeness (QED) is 0.302. The van der Waals surface area contributed by atoms with Crippen molar-refractivity contribution in [2.45, 2.75) is 0 Å². The number of aromatic amines is 1. The summed E-state index contributed by atoms with van der Waals surface area (Å²) in [7, 11) is 0. The molecule has 0 unspecified atom stereocenters. The molecule has 5 heteroatoms. The van der Waals surface area contributed by atoms with Gasteiger partial charge in [0.15, 0.2) is 5.49 Å². The van der Waals surface area contributed by atoms with E-state index in [2.05, 4.69) is 20.5 Å². The van der Waals surface area contributed by atoms with Crippen molar-refractivity contribution in [3.63, 3.8) is 0 Å². The number of fused-ring (bicyclic) bond motifs is 3. The van der Waals surface area contributed by atoms with Crippen LogP contribution in [0.2, 0.25) is 0 Å². The molecule has 0 aliphatic rings. The molecule has 0 spiro atoms. The number of nitrogens with one attached hydrogen (secondary N) is 2. The fourth-order valence-corrected chi connectivity index (χ4v) is 2.54. The zero-order valence-electron chi connectivity index (χ0n) is 12.2. The summed E-state index contributed by atoms with van der Waals surface area (Å²) in [5, 5.41) is 16.2. The third-order valence-electron chi connectivity index (χ3n) is 3.69. The Kier molecular flexibility index (Phi) is 3.16. The van der Waals surface area contributed by atoms with Crippen LogP contribution in [-0.2, 0) is 0 Å². The minimum atomic E-state index is 0.159. The summed E-state index contributed by atoms with van der Waals surface area (Å²) in [5.41, 5.74) is 6.00. The second kappa shape index (κ2) is 5.46. The van der Waals surface area contributed by atoms with Gasteiger partial charge in [0.05, 0.1) is 16.7 Å². The van der Waals surface area contributed by atoms with Gasteiger partial charge in [-0.1, -0.05) is 18.2 Å². The van der Waals surface area contributed by atoms with Crippen LogP contribution in [0.25, 0.3) is 21.8 Å². The highest BCUT2D eigenvalue weighted by Gasteiger charge is 2.01. The second-order valence-electron chi connectivity index (χ2n) is 5.18. The molecule has 5 nitrogen and oxygen atoms in total. The maximum Gasteiger partial charge on any atom is 0.150 e. The Hall–Kier alpha value is -3.34.